The second kappa shape index (κ2) is 4.65. The summed E-state index contributed by atoms with van der Waals surface area (Å²) in [6, 6.07) is 6.07. The third-order valence-electron chi connectivity index (χ3n) is 2.94. The van der Waals surface area contributed by atoms with Gasteiger partial charge in [-0.15, -0.1) is 11.8 Å². The van der Waals surface area contributed by atoms with Gasteiger partial charge >= 0.3 is 0 Å². The van der Waals surface area contributed by atoms with Crippen LogP contribution in [-0.2, 0) is 5.75 Å². The second-order valence-corrected chi connectivity index (χ2v) is 5.67. The fourth-order valence-electron chi connectivity index (χ4n) is 1.77. The van der Waals surface area contributed by atoms with Crippen LogP contribution in [0.4, 0.5) is 5.69 Å². The summed E-state index contributed by atoms with van der Waals surface area (Å²) < 4.78 is 5.23. The third-order valence-corrected chi connectivity index (χ3v) is 4.02. The van der Waals surface area contributed by atoms with Gasteiger partial charge in [0.15, 0.2) is 5.82 Å². The number of hydrogen-bond acceptors (Lipinski definition) is 5. The summed E-state index contributed by atoms with van der Waals surface area (Å²) in [6.07, 6.45) is 2.38. The first-order valence-electron chi connectivity index (χ1n) is 6.04. The number of rotatable bonds is 4. The minimum Gasteiger partial charge on any atom is -0.398 e. The van der Waals surface area contributed by atoms with Crippen LogP contribution in [-0.4, -0.2) is 10.1 Å². The quantitative estimate of drug-likeness (QED) is 0.676. The van der Waals surface area contributed by atoms with E-state index in [0.29, 0.717) is 17.6 Å². The van der Waals surface area contributed by atoms with Crippen molar-refractivity contribution in [1.82, 2.24) is 10.1 Å². The Bertz CT molecular complexity index is 563. The fourth-order valence-corrected chi connectivity index (χ4v) is 2.56. The van der Waals surface area contributed by atoms with Gasteiger partial charge in [0.1, 0.15) is 0 Å². The molecule has 0 saturated heterocycles. The van der Waals surface area contributed by atoms with E-state index in [1.54, 1.807) is 11.8 Å². The minimum absolute atomic E-state index is 0.539. The Hall–Kier alpha value is -1.49. The van der Waals surface area contributed by atoms with E-state index < -0.39 is 0 Å². The van der Waals surface area contributed by atoms with Gasteiger partial charge in [-0.05, 0) is 37.5 Å². The van der Waals surface area contributed by atoms with Crippen molar-refractivity contribution in [3.63, 3.8) is 0 Å². The molecule has 1 fully saturated rings. The molecule has 2 aromatic rings. The number of hydrogen-bond donors (Lipinski definition) is 1. The van der Waals surface area contributed by atoms with Gasteiger partial charge < -0.3 is 10.3 Å². The molecule has 0 radical (unpaired) electrons. The zero-order chi connectivity index (χ0) is 12.5. The molecule has 0 atom stereocenters. The van der Waals surface area contributed by atoms with Crippen LogP contribution in [0, 0.1) is 6.92 Å². The van der Waals surface area contributed by atoms with Crippen molar-refractivity contribution in [3.05, 3.63) is 35.5 Å². The molecular weight excluding hydrogens is 246 g/mol. The number of nitrogens with zero attached hydrogens (tertiary/aromatic N) is 2. The summed E-state index contributed by atoms with van der Waals surface area (Å²) in [5, 5.41) is 4.00. The van der Waals surface area contributed by atoms with Crippen LogP contribution in [0.5, 0.6) is 0 Å². The van der Waals surface area contributed by atoms with Gasteiger partial charge in [0, 0.05) is 16.5 Å². The van der Waals surface area contributed by atoms with Crippen molar-refractivity contribution in [1.29, 1.82) is 0 Å². The lowest BCUT2D eigenvalue weighted by molar-refractivity contribution is 0.385. The van der Waals surface area contributed by atoms with Crippen molar-refractivity contribution in [2.45, 2.75) is 36.3 Å². The molecule has 0 bridgehead atoms. The molecule has 1 saturated carbocycles. The molecule has 5 heteroatoms. The first kappa shape index (κ1) is 11.6. The molecule has 0 aliphatic heterocycles. The molecule has 1 aliphatic rings. The molecule has 0 spiro atoms. The highest BCUT2D eigenvalue weighted by Gasteiger charge is 2.28. The summed E-state index contributed by atoms with van der Waals surface area (Å²) >= 11 is 1.63. The zero-order valence-electron chi connectivity index (χ0n) is 10.2. The monoisotopic (exact) mass is 261 g/mol. The summed E-state index contributed by atoms with van der Waals surface area (Å²) in [4.78, 5) is 5.46. The average molecular weight is 261 g/mol. The van der Waals surface area contributed by atoms with Crippen molar-refractivity contribution < 1.29 is 4.52 Å². The van der Waals surface area contributed by atoms with Gasteiger partial charge in [0.2, 0.25) is 5.89 Å². The SMILES string of the molecule is Cc1ccc(SCc2nc(C3CC3)no2)c(N)c1. The van der Waals surface area contributed by atoms with E-state index in [2.05, 4.69) is 16.2 Å². The molecule has 0 unspecified atom stereocenters. The van der Waals surface area contributed by atoms with E-state index in [9.17, 15) is 0 Å². The van der Waals surface area contributed by atoms with Gasteiger partial charge in [-0.25, -0.2) is 0 Å². The highest BCUT2D eigenvalue weighted by molar-refractivity contribution is 7.98. The molecule has 94 valence electrons. The number of aryl methyl sites for hydroxylation is 1. The maximum Gasteiger partial charge on any atom is 0.237 e. The highest BCUT2D eigenvalue weighted by atomic mass is 32.2. The Balaban J connectivity index is 1.65. The first-order valence-corrected chi connectivity index (χ1v) is 7.02. The average Bonchev–Trinajstić information content (AvgIpc) is 3.08. The largest absolute Gasteiger partial charge is 0.398 e. The van der Waals surface area contributed by atoms with E-state index in [4.69, 9.17) is 10.3 Å². The minimum atomic E-state index is 0.539. The predicted octanol–water partition coefficient (Wildman–Crippen LogP) is 3.13. The van der Waals surface area contributed by atoms with Gasteiger partial charge in [0.05, 0.1) is 5.75 Å². The van der Waals surface area contributed by atoms with Gasteiger partial charge in [-0.3, -0.25) is 0 Å². The lowest BCUT2D eigenvalue weighted by Crippen LogP contribution is -1.90. The van der Waals surface area contributed by atoms with E-state index in [0.717, 1.165) is 16.4 Å². The highest BCUT2D eigenvalue weighted by Crippen LogP contribution is 2.38. The number of aromatic nitrogens is 2. The molecule has 1 aliphatic carbocycles. The Labute approximate surface area is 110 Å². The Morgan fingerprint density at radius 3 is 3.00 bits per heavy atom. The van der Waals surface area contributed by atoms with E-state index in [1.807, 2.05) is 19.1 Å². The number of thioether (sulfide) groups is 1. The molecular formula is C13H15N3OS. The number of nitrogens with two attached hydrogens (primary N) is 1. The van der Waals surface area contributed by atoms with E-state index in [1.165, 1.54) is 18.4 Å². The zero-order valence-corrected chi connectivity index (χ0v) is 11.0. The molecule has 18 heavy (non-hydrogen) atoms. The van der Waals surface area contributed by atoms with E-state index in [-0.39, 0.29) is 0 Å². The van der Waals surface area contributed by atoms with E-state index >= 15 is 0 Å². The van der Waals surface area contributed by atoms with Crippen LogP contribution in [0.25, 0.3) is 0 Å². The standard InChI is InChI=1S/C13H15N3OS/c1-8-2-5-11(10(14)6-8)18-7-12-15-13(16-17-12)9-3-4-9/h2,5-6,9H,3-4,7,14H2,1H3. The summed E-state index contributed by atoms with van der Waals surface area (Å²) in [6.45, 7) is 2.03. The Kier molecular flexibility index (Phi) is 2.99. The van der Waals surface area contributed by atoms with Gasteiger partial charge in [-0.1, -0.05) is 11.2 Å². The van der Waals surface area contributed by atoms with Crippen LogP contribution >= 0.6 is 11.8 Å². The van der Waals surface area contributed by atoms with Gasteiger partial charge in [0.25, 0.3) is 0 Å². The normalized spacial score (nSPS) is 14.9. The molecule has 1 heterocycles. The van der Waals surface area contributed by atoms with Crippen molar-refractivity contribution in [2.24, 2.45) is 0 Å². The number of anilines is 1. The van der Waals surface area contributed by atoms with Crippen LogP contribution < -0.4 is 5.73 Å². The topological polar surface area (TPSA) is 64.9 Å². The van der Waals surface area contributed by atoms with Crippen molar-refractivity contribution in [2.75, 3.05) is 5.73 Å². The first-order chi connectivity index (χ1) is 8.72. The molecule has 1 aromatic carbocycles. The van der Waals surface area contributed by atoms with Crippen molar-refractivity contribution >= 4 is 17.4 Å². The van der Waals surface area contributed by atoms with Crippen LogP contribution in [0.2, 0.25) is 0 Å². The lowest BCUT2D eigenvalue weighted by atomic mass is 10.2. The molecule has 4 nitrogen and oxygen atoms in total. The second-order valence-electron chi connectivity index (χ2n) is 4.65. The molecule has 3 rings (SSSR count). The Morgan fingerprint density at radius 1 is 1.44 bits per heavy atom. The smallest absolute Gasteiger partial charge is 0.237 e. The molecule has 1 aromatic heterocycles. The van der Waals surface area contributed by atoms with Crippen LogP contribution in [0.3, 0.4) is 0 Å². The number of benzene rings is 1. The summed E-state index contributed by atoms with van der Waals surface area (Å²) in [5.74, 6) is 2.76. The third kappa shape index (κ3) is 2.51. The summed E-state index contributed by atoms with van der Waals surface area (Å²) in [5.41, 5.74) is 7.94. The van der Waals surface area contributed by atoms with Gasteiger partial charge in [-0.2, -0.15) is 4.98 Å². The van der Waals surface area contributed by atoms with Crippen molar-refractivity contribution in [3.8, 4) is 0 Å². The van der Waals surface area contributed by atoms with Crippen LogP contribution in [0.1, 0.15) is 36.0 Å². The number of nitrogen functional groups attached to an aromatic ring is 1. The lowest BCUT2D eigenvalue weighted by Gasteiger charge is -2.04. The molecule has 0 amide bonds. The fraction of sp³-hybridized carbons (Fsp3) is 0.385. The predicted molar refractivity (Wildman–Crippen MR) is 71.4 cm³/mol. The van der Waals surface area contributed by atoms with Crippen LogP contribution in [0.15, 0.2) is 27.6 Å². The summed E-state index contributed by atoms with van der Waals surface area (Å²) in [7, 11) is 0. The maximum atomic E-state index is 5.96. The Morgan fingerprint density at radius 2 is 2.28 bits per heavy atom. The molecule has 2 N–H and O–H groups in total. The maximum absolute atomic E-state index is 5.96.